The third-order valence-corrected chi connectivity index (χ3v) is 2.44. The molecule has 1 saturated heterocycles. The van der Waals surface area contributed by atoms with Gasteiger partial charge in [-0.25, -0.2) is 0 Å². The Labute approximate surface area is 53.7 Å². The second kappa shape index (κ2) is 1.68. The van der Waals surface area contributed by atoms with Crippen LogP contribution in [0.5, 0.6) is 0 Å². The van der Waals surface area contributed by atoms with Gasteiger partial charge in [-0.1, -0.05) is 0 Å². The van der Waals surface area contributed by atoms with Crippen LogP contribution in [-0.2, 0) is 0 Å². The Bertz CT molecular complexity index is 110. The average Bonchev–Trinajstić information content (AvgIpc) is 2.37. The van der Waals surface area contributed by atoms with Crippen LogP contribution in [0.15, 0.2) is 0 Å². The van der Waals surface area contributed by atoms with Crippen LogP contribution in [0.3, 0.4) is 0 Å². The van der Waals surface area contributed by atoms with E-state index in [0.29, 0.717) is 5.92 Å². The van der Waals surface area contributed by atoms with Crippen LogP contribution in [-0.4, -0.2) is 35.0 Å². The summed E-state index contributed by atoms with van der Waals surface area (Å²) in [4.78, 5) is 0. The van der Waals surface area contributed by atoms with Crippen molar-refractivity contribution >= 4 is 0 Å². The van der Waals surface area contributed by atoms with Crippen molar-refractivity contribution in [2.75, 3.05) is 6.54 Å². The fraction of sp³-hybridized carbons (Fsp3) is 1.00. The van der Waals surface area contributed by atoms with E-state index in [1.807, 2.05) is 0 Å². The Morgan fingerprint density at radius 1 is 1.22 bits per heavy atom. The molecule has 0 amide bonds. The largest absolute Gasteiger partial charge is 0.390 e. The summed E-state index contributed by atoms with van der Waals surface area (Å²) in [6.07, 6.45) is -0.0255. The first kappa shape index (κ1) is 5.65. The van der Waals surface area contributed by atoms with Gasteiger partial charge in [0.1, 0.15) is 0 Å². The van der Waals surface area contributed by atoms with Crippen LogP contribution in [0, 0.1) is 5.92 Å². The molecule has 1 aliphatic heterocycles. The van der Waals surface area contributed by atoms with Gasteiger partial charge in [0.15, 0.2) is 0 Å². The van der Waals surface area contributed by atoms with E-state index in [1.165, 1.54) is 0 Å². The van der Waals surface area contributed by atoms with E-state index in [4.69, 9.17) is 0 Å². The molecule has 0 aromatic heterocycles. The number of aliphatic hydroxyl groups is 2. The van der Waals surface area contributed by atoms with Gasteiger partial charge in [0, 0.05) is 18.5 Å². The fourth-order valence-corrected chi connectivity index (χ4v) is 1.83. The normalized spacial score (nSPS) is 56.7. The highest BCUT2D eigenvalue weighted by Gasteiger charge is 2.45. The first-order valence-corrected chi connectivity index (χ1v) is 3.38. The number of hydrogen-bond acceptors (Lipinski definition) is 3. The monoisotopic (exact) mass is 129 g/mol. The molecular formula is C6H11NO2. The minimum atomic E-state index is -0.510. The van der Waals surface area contributed by atoms with Gasteiger partial charge in [-0.05, 0) is 6.42 Å². The van der Waals surface area contributed by atoms with Crippen molar-refractivity contribution in [3.05, 3.63) is 0 Å². The Morgan fingerprint density at radius 2 is 2.00 bits per heavy atom. The number of nitrogens with one attached hydrogen (secondary N) is 1. The molecule has 1 heterocycles. The van der Waals surface area contributed by atoms with E-state index < -0.39 is 12.2 Å². The van der Waals surface area contributed by atoms with E-state index in [2.05, 4.69) is 5.32 Å². The van der Waals surface area contributed by atoms with E-state index in [-0.39, 0.29) is 6.04 Å². The minimum Gasteiger partial charge on any atom is -0.390 e. The maximum Gasteiger partial charge on any atom is 0.0954 e. The zero-order valence-electron chi connectivity index (χ0n) is 5.12. The molecule has 0 radical (unpaired) electrons. The number of hydrogen-bond donors (Lipinski definition) is 3. The van der Waals surface area contributed by atoms with Crippen molar-refractivity contribution in [3.63, 3.8) is 0 Å². The molecule has 0 aromatic rings. The molecule has 2 bridgehead atoms. The van der Waals surface area contributed by atoms with Gasteiger partial charge in [-0.15, -0.1) is 0 Å². The smallest absolute Gasteiger partial charge is 0.0954 e. The molecule has 3 nitrogen and oxygen atoms in total. The molecule has 3 heteroatoms. The molecule has 2 rings (SSSR count). The highest BCUT2D eigenvalue weighted by molar-refractivity contribution is 5.01. The standard InChI is InChI=1S/C6H11NO2/c8-5-3-1-4(6(5)9)7-2-3/h3-9H,1-2H2/t3-,4+,5-,6-/m1/s1. The highest BCUT2D eigenvalue weighted by atomic mass is 16.3. The number of piperidine rings is 1. The van der Waals surface area contributed by atoms with Gasteiger partial charge >= 0.3 is 0 Å². The molecule has 4 atom stereocenters. The molecule has 52 valence electrons. The zero-order chi connectivity index (χ0) is 6.43. The van der Waals surface area contributed by atoms with Crippen LogP contribution in [0.2, 0.25) is 0 Å². The first-order valence-electron chi connectivity index (χ1n) is 3.38. The lowest BCUT2D eigenvalue weighted by Gasteiger charge is -2.22. The first-order chi connectivity index (χ1) is 4.29. The SMILES string of the molecule is O[C@@H]1[C@H]2CN[C@@H](C2)[C@H]1O. The predicted molar refractivity (Wildman–Crippen MR) is 31.9 cm³/mol. The molecule has 2 aliphatic rings. The van der Waals surface area contributed by atoms with Crippen molar-refractivity contribution in [1.82, 2.24) is 5.32 Å². The van der Waals surface area contributed by atoms with Crippen molar-refractivity contribution in [2.24, 2.45) is 5.92 Å². The predicted octanol–water partition coefficient (Wildman–Crippen LogP) is -1.30. The fourth-order valence-electron chi connectivity index (χ4n) is 1.83. The van der Waals surface area contributed by atoms with Crippen molar-refractivity contribution in [2.45, 2.75) is 24.7 Å². The van der Waals surface area contributed by atoms with Crippen molar-refractivity contribution in [3.8, 4) is 0 Å². The topological polar surface area (TPSA) is 52.5 Å². The highest BCUT2D eigenvalue weighted by Crippen LogP contribution is 2.31. The second-order valence-electron chi connectivity index (χ2n) is 2.99. The van der Waals surface area contributed by atoms with Crippen LogP contribution in [0.1, 0.15) is 6.42 Å². The summed E-state index contributed by atoms with van der Waals surface area (Å²) in [6, 6.07) is 0.171. The van der Waals surface area contributed by atoms with E-state index in [9.17, 15) is 10.2 Å². The summed E-state index contributed by atoms with van der Waals surface area (Å²) in [5, 5.41) is 21.5. The average molecular weight is 129 g/mol. The maximum atomic E-state index is 9.20. The Balaban J connectivity index is 2.15. The molecule has 3 N–H and O–H groups in total. The molecule has 1 aliphatic carbocycles. The third kappa shape index (κ3) is 0.625. The van der Waals surface area contributed by atoms with E-state index in [1.54, 1.807) is 0 Å². The molecule has 1 saturated carbocycles. The van der Waals surface area contributed by atoms with Crippen molar-refractivity contribution in [1.29, 1.82) is 0 Å². The van der Waals surface area contributed by atoms with E-state index >= 15 is 0 Å². The molecule has 9 heavy (non-hydrogen) atoms. The number of rotatable bonds is 0. The molecule has 0 spiro atoms. The Kier molecular flexibility index (Phi) is 1.06. The Hall–Kier alpha value is -0.120. The second-order valence-corrected chi connectivity index (χ2v) is 2.99. The van der Waals surface area contributed by atoms with Crippen LogP contribution < -0.4 is 5.32 Å². The third-order valence-electron chi connectivity index (χ3n) is 2.44. The lowest BCUT2D eigenvalue weighted by atomic mass is 10.1. The molecule has 2 fully saturated rings. The molecular weight excluding hydrogens is 118 g/mol. The summed E-state index contributed by atoms with van der Waals surface area (Å²) in [7, 11) is 0. The summed E-state index contributed by atoms with van der Waals surface area (Å²) < 4.78 is 0. The summed E-state index contributed by atoms with van der Waals surface area (Å²) in [5.74, 6) is 0.310. The van der Waals surface area contributed by atoms with Gasteiger partial charge in [0.05, 0.1) is 12.2 Å². The van der Waals surface area contributed by atoms with Gasteiger partial charge in [-0.3, -0.25) is 0 Å². The number of fused-ring (bicyclic) bond motifs is 2. The Morgan fingerprint density at radius 3 is 2.33 bits per heavy atom. The molecule has 0 unspecified atom stereocenters. The molecule has 0 aromatic carbocycles. The van der Waals surface area contributed by atoms with Gasteiger partial charge in [0.25, 0.3) is 0 Å². The number of aliphatic hydroxyl groups excluding tert-OH is 2. The van der Waals surface area contributed by atoms with Gasteiger partial charge < -0.3 is 15.5 Å². The maximum absolute atomic E-state index is 9.20. The minimum absolute atomic E-state index is 0.171. The van der Waals surface area contributed by atoms with Gasteiger partial charge in [-0.2, -0.15) is 0 Å². The van der Waals surface area contributed by atoms with Gasteiger partial charge in [0.2, 0.25) is 0 Å². The van der Waals surface area contributed by atoms with Crippen LogP contribution >= 0.6 is 0 Å². The zero-order valence-corrected chi connectivity index (χ0v) is 5.12. The van der Waals surface area contributed by atoms with Crippen LogP contribution in [0.25, 0.3) is 0 Å². The lowest BCUT2D eigenvalue weighted by molar-refractivity contribution is -0.00445. The quantitative estimate of drug-likeness (QED) is 0.381. The van der Waals surface area contributed by atoms with Crippen LogP contribution in [0.4, 0.5) is 0 Å². The summed E-state index contributed by atoms with van der Waals surface area (Å²) >= 11 is 0. The van der Waals surface area contributed by atoms with E-state index in [0.717, 1.165) is 13.0 Å². The lowest BCUT2D eigenvalue weighted by Crippen LogP contribution is -2.45. The summed E-state index contributed by atoms with van der Waals surface area (Å²) in [5.41, 5.74) is 0. The van der Waals surface area contributed by atoms with Crippen molar-refractivity contribution < 1.29 is 10.2 Å². The summed E-state index contributed by atoms with van der Waals surface area (Å²) in [6.45, 7) is 0.878.